The van der Waals surface area contributed by atoms with Crippen LogP contribution in [0.25, 0.3) is 11.4 Å². The van der Waals surface area contributed by atoms with E-state index in [2.05, 4.69) is 42.2 Å². The van der Waals surface area contributed by atoms with E-state index >= 15 is 0 Å². The van der Waals surface area contributed by atoms with Crippen molar-refractivity contribution in [3.8, 4) is 17.1 Å². The molecule has 0 saturated carbocycles. The molecule has 27 heavy (non-hydrogen) atoms. The molecule has 0 saturated heterocycles. The molecule has 0 unspecified atom stereocenters. The molecule has 2 amide bonds. The highest BCUT2D eigenvalue weighted by molar-refractivity contribution is 9.10. The predicted octanol–water partition coefficient (Wildman–Crippen LogP) is 1.33. The van der Waals surface area contributed by atoms with E-state index in [0.29, 0.717) is 11.6 Å². The molecule has 138 valence electrons. The van der Waals surface area contributed by atoms with E-state index in [0.717, 1.165) is 14.8 Å². The quantitative estimate of drug-likeness (QED) is 0.570. The van der Waals surface area contributed by atoms with Crippen LogP contribution in [0, 0.1) is 0 Å². The van der Waals surface area contributed by atoms with E-state index in [9.17, 15) is 9.59 Å². The molecule has 0 aliphatic carbocycles. The summed E-state index contributed by atoms with van der Waals surface area (Å²) in [6, 6.07) is 16.3. The minimum atomic E-state index is -0.497. The monoisotopic (exact) mass is 430 g/mol. The van der Waals surface area contributed by atoms with Crippen LogP contribution in [0.3, 0.4) is 0 Å². The first-order chi connectivity index (χ1) is 13.1. The Morgan fingerprint density at radius 1 is 1.00 bits per heavy atom. The summed E-state index contributed by atoms with van der Waals surface area (Å²) in [5, 5.41) is 11.8. The molecule has 1 heterocycles. The second kappa shape index (κ2) is 8.90. The van der Waals surface area contributed by atoms with E-state index in [4.69, 9.17) is 4.74 Å². The molecule has 0 radical (unpaired) electrons. The Kier molecular flexibility index (Phi) is 6.10. The average Bonchev–Trinajstić information content (AvgIpc) is 3.15. The molecule has 1 aromatic heterocycles. The molecule has 10 heteroatoms. The maximum Gasteiger partial charge on any atom is 0.276 e. The minimum absolute atomic E-state index is 0.187. The van der Waals surface area contributed by atoms with Crippen LogP contribution in [0.4, 0.5) is 0 Å². The largest absolute Gasteiger partial charge is 0.484 e. The number of aromatic nitrogens is 4. The van der Waals surface area contributed by atoms with Crippen LogP contribution in [-0.2, 0) is 16.1 Å². The number of rotatable bonds is 6. The van der Waals surface area contributed by atoms with Gasteiger partial charge >= 0.3 is 0 Å². The summed E-state index contributed by atoms with van der Waals surface area (Å²) in [7, 11) is 0. The van der Waals surface area contributed by atoms with Gasteiger partial charge < -0.3 is 4.74 Å². The molecule has 0 bridgehead atoms. The molecule has 2 N–H and O–H groups in total. The highest BCUT2D eigenvalue weighted by Gasteiger charge is 2.10. The zero-order chi connectivity index (χ0) is 19.1. The summed E-state index contributed by atoms with van der Waals surface area (Å²) in [5.41, 5.74) is 5.33. The fraction of sp³-hybridized carbons (Fsp3) is 0.118. The molecule has 3 rings (SSSR count). The zero-order valence-corrected chi connectivity index (χ0v) is 15.6. The number of nitrogens with one attached hydrogen (secondary N) is 2. The molecule has 0 spiro atoms. The standard InChI is InChI=1S/C17H15BrN6O3/c18-13-6-8-14(9-7-13)27-11-16(26)20-19-15(25)10-24-22-17(21-23-24)12-4-2-1-3-5-12/h1-9H,10-11H2,(H,19,25)(H,20,26). The number of tetrazole rings is 1. The minimum Gasteiger partial charge on any atom is -0.484 e. The molecule has 2 aromatic carbocycles. The van der Waals surface area contributed by atoms with E-state index in [1.54, 1.807) is 24.3 Å². The Labute approximate surface area is 162 Å². The second-order valence-electron chi connectivity index (χ2n) is 5.35. The number of amides is 2. The first-order valence-electron chi connectivity index (χ1n) is 7.89. The molecule has 9 nitrogen and oxygen atoms in total. The van der Waals surface area contributed by atoms with Crippen molar-refractivity contribution in [3.05, 3.63) is 59.1 Å². The van der Waals surface area contributed by atoms with Crippen molar-refractivity contribution in [2.45, 2.75) is 6.54 Å². The van der Waals surface area contributed by atoms with Gasteiger partial charge in [0, 0.05) is 10.0 Å². The van der Waals surface area contributed by atoms with Gasteiger partial charge in [-0.3, -0.25) is 20.4 Å². The Hall–Kier alpha value is -3.27. The van der Waals surface area contributed by atoms with Crippen LogP contribution in [-0.4, -0.2) is 38.6 Å². The normalized spacial score (nSPS) is 10.3. The van der Waals surface area contributed by atoms with Gasteiger partial charge in [0.05, 0.1) is 0 Å². The highest BCUT2D eigenvalue weighted by Crippen LogP contribution is 2.15. The van der Waals surface area contributed by atoms with Crippen molar-refractivity contribution in [1.29, 1.82) is 0 Å². The van der Waals surface area contributed by atoms with Crippen molar-refractivity contribution in [2.75, 3.05) is 6.61 Å². The van der Waals surface area contributed by atoms with Crippen molar-refractivity contribution in [1.82, 2.24) is 31.1 Å². The van der Waals surface area contributed by atoms with Crippen LogP contribution in [0.2, 0.25) is 0 Å². The Morgan fingerprint density at radius 3 is 2.44 bits per heavy atom. The summed E-state index contributed by atoms with van der Waals surface area (Å²) in [4.78, 5) is 24.7. The maximum absolute atomic E-state index is 11.9. The van der Waals surface area contributed by atoms with Gasteiger partial charge in [-0.05, 0) is 29.5 Å². The number of hydrogen-bond donors (Lipinski definition) is 2. The topological polar surface area (TPSA) is 111 Å². The van der Waals surface area contributed by atoms with Gasteiger partial charge in [-0.2, -0.15) is 4.80 Å². The van der Waals surface area contributed by atoms with Crippen molar-refractivity contribution >= 4 is 27.7 Å². The zero-order valence-electron chi connectivity index (χ0n) is 14.0. The predicted molar refractivity (Wildman–Crippen MR) is 99.2 cm³/mol. The SMILES string of the molecule is O=C(COc1ccc(Br)cc1)NNC(=O)Cn1nnc(-c2ccccc2)n1. The summed E-state index contributed by atoms with van der Waals surface area (Å²) in [5.74, 6) is -0.0398. The Morgan fingerprint density at radius 2 is 1.70 bits per heavy atom. The number of hydrazine groups is 1. The number of ether oxygens (including phenoxy) is 1. The number of nitrogens with zero attached hydrogens (tertiary/aromatic N) is 4. The number of carbonyl (C=O) groups is 2. The smallest absolute Gasteiger partial charge is 0.276 e. The molecule has 0 aliphatic heterocycles. The summed E-state index contributed by atoms with van der Waals surface area (Å²) in [6.45, 7) is -0.421. The van der Waals surface area contributed by atoms with Crippen molar-refractivity contribution in [3.63, 3.8) is 0 Å². The lowest BCUT2D eigenvalue weighted by atomic mass is 10.2. The fourth-order valence-electron chi connectivity index (χ4n) is 2.04. The summed E-state index contributed by atoms with van der Waals surface area (Å²) < 4.78 is 6.21. The average molecular weight is 431 g/mol. The molecular formula is C17H15BrN6O3. The Balaban J connectivity index is 1.42. The molecule has 0 atom stereocenters. The van der Waals surface area contributed by atoms with Crippen molar-refractivity contribution in [2.24, 2.45) is 0 Å². The van der Waals surface area contributed by atoms with E-state index in [1.165, 1.54) is 0 Å². The van der Waals surface area contributed by atoms with Crippen LogP contribution < -0.4 is 15.6 Å². The first kappa shape index (κ1) is 18.5. The third-order valence-electron chi connectivity index (χ3n) is 3.29. The van der Waals surface area contributed by atoms with Gasteiger partial charge in [0.25, 0.3) is 11.8 Å². The fourth-order valence-corrected chi connectivity index (χ4v) is 2.30. The van der Waals surface area contributed by atoms with Gasteiger partial charge in [-0.1, -0.05) is 46.3 Å². The third kappa shape index (κ3) is 5.61. The number of carbonyl (C=O) groups excluding carboxylic acids is 2. The molecule has 0 aliphatic rings. The van der Waals surface area contributed by atoms with E-state index in [-0.39, 0.29) is 13.2 Å². The third-order valence-corrected chi connectivity index (χ3v) is 3.82. The summed E-state index contributed by atoms with van der Waals surface area (Å²) >= 11 is 3.31. The van der Waals surface area contributed by atoms with Crippen LogP contribution in [0.1, 0.15) is 0 Å². The Bertz CT molecular complexity index is 914. The highest BCUT2D eigenvalue weighted by atomic mass is 79.9. The van der Waals surface area contributed by atoms with Gasteiger partial charge in [-0.25, -0.2) is 0 Å². The van der Waals surface area contributed by atoms with Crippen LogP contribution in [0.5, 0.6) is 5.75 Å². The summed E-state index contributed by atoms with van der Waals surface area (Å²) in [6.07, 6.45) is 0. The number of hydrogen-bond acceptors (Lipinski definition) is 6. The molecule has 0 fully saturated rings. The number of halogens is 1. The van der Waals surface area contributed by atoms with Crippen molar-refractivity contribution < 1.29 is 14.3 Å². The van der Waals surface area contributed by atoms with Gasteiger partial charge in [0.15, 0.2) is 6.61 Å². The molecular weight excluding hydrogens is 416 g/mol. The van der Waals surface area contributed by atoms with E-state index in [1.807, 2.05) is 30.3 Å². The molecule has 3 aromatic rings. The second-order valence-corrected chi connectivity index (χ2v) is 6.26. The number of benzene rings is 2. The van der Waals surface area contributed by atoms with Crippen LogP contribution in [0.15, 0.2) is 59.1 Å². The lowest BCUT2D eigenvalue weighted by Crippen LogP contribution is -2.45. The van der Waals surface area contributed by atoms with Gasteiger partial charge in [-0.15, -0.1) is 10.2 Å². The maximum atomic E-state index is 11.9. The van der Waals surface area contributed by atoms with E-state index < -0.39 is 11.8 Å². The first-order valence-corrected chi connectivity index (χ1v) is 8.69. The lowest BCUT2D eigenvalue weighted by molar-refractivity contribution is -0.130. The lowest BCUT2D eigenvalue weighted by Gasteiger charge is -2.08. The van der Waals surface area contributed by atoms with Crippen LogP contribution >= 0.6 is 15.9 Å². The van der Waals surface area contributed by atoms with Gasteiger partial charge in [0.2, 0.25) is 5.82 Å². The van der Waals surface area contributed by atoms with Gasteiger partial charge in [0.1, 0.15) is 12.3 Å².